The van der Waals surface area contributed by atoms with Crippen molar-refractivity contribution in [1.29, 1.82) is 0 Å². The molecular weight excluding hydrogens is 262 g/mol. The summed E-state index contributed by atoms with van der Waals surface area (Å²) in [6, 6.07) is 5.08. The predicted molar refractivity (Wildman–Crippen MR) is 70.3 cm³/mol. The Kier molecular flexibility index (Phi) is 3.97. The van der Waals surface area contributed by atoms with Crippen LogP contribution >= 0.6 is 0 Å². The third-order valence-corrected chi connectivity index (χ3v) is 2.98. The average Bonchev–Trinajstić information content (AvgIpc) is 2.97. The Morgan fingerprint density at radius 2 is 2.30 bits per heavy atom. The van der Waals surface area contributed by atoms with E-state index in [0.29, 0.717) is 11.5 Å². The van der Waals surface area contributed by atoms with Crippen LogP contribution in [0.1, 0.15) is 34.3 Å². The maximum absolute atomic E-state index is 12.2. The van der Waals surface area contributed by atoms with E-state index in [9.17, 15) is 14.9 Å². The monoisotopic (exact) mass is 277 g/mol. The van der Waals surface area contributed by atoms with Crippen molar-refractivity contribution in [2.24, 2.45) is 0 Å². The highest BCUT2D eigenvalue weighted by Gasteiger charge is 2.25. The topological polar surface area (TPSA) is 91.2 Å². The van der Waals surface area contributed by atoms with Gasteiger partial charge in [-0.05, 0) is 32.0 Å². The van der Waals surface area contributed by atoms with E-state index in [1.54, 1.807) is 32.0 Å². The van der Waals surface area contributed by atoms with Gasteiger partial charge in [0.05, 0.1) is 17.9 Å². The van der Waals surface area contributed by atoms with Crippen molar-refractivity contribution in [1.82, 2.24) is 9.78 Å². The lowest BCUT2D eigenvalue weighted by Gasteiger charge is -2.10. The number of furan rings is 1. The minimum absolute atomic E-state index is 0.0174. The molecule has 2 heterocycles. The summed E-state index contributed by atoms with van der Waals surface area (Å²) in [5, 5.41) is 14.8. The zero-order valence-electron chi connectivity index (χ0n) is 11.3. The highest BCUT2D eigenvalue weighted by Crippen LogP contribution is 2.21. The summed E-state index contributed by atoms with van der Waals surface area (Å²) < 4.78 is 6.47. The summed E-state index contributed by atoms with van der Waals surface area (Å²) in [4.78, 5) is 22.5. The number of nitro groups is 1. The molecule has 0 aromatic carbocycles. The van der Waals surface area contributed by atoms with E-state index in [-0.39, 0.29) is 18.9 Å². The molecule has 0 N–H and O–H groups in total. The van der Waals surface area contributed by atoms with Gasteiger partial charge in [-0.25, -0.2) is 4.68 Å². The largest absolute Gasteiger partial charge is 0.469 e. The van der Waals surface area contributed by atoms with Crippen LogP contribution in [0.15, 0.2) is 28.9 Å². The van der Waals surface area contributed by atoms with Crippen LogP contribution in [0.5, 0.6) is 0 Å². The van der Waals surface area contributed by atoms with E-state index >= 15 is 0 Å². The summed E-state index contributed by atoms with van der Waals surface area (Å²) in [5.41, 5.74) is 1.45. The minimum atomic E-state index is -0.587. The second kappa shape index (κ2) is 5.68. The third-order valence-electron chi connectivity index (χ3n) is 2.98. The van der Waals surface area contributed by atoms with E-state index in [1.165, 1.54) is 10.9 Å². The molecule has 1 atom stereocenters. The molecule has 2 rings (SSSR count). The standard InChI is InChI=1S/C13H15N3O4/c1-9-6-10(2)16(14-9)13(17)7-11(8-15(18)19)12-4-3-5-20-12/h3-6,11H,7-8H2,1-2H3. The minimum Gasteiger partial charge on any atom is -0.469 e. The first-order valence-corrected chi connectivity index (χ1v) is 6.19. The molecule has 0 saturated heterocycles. The van der Waals surface area contributed by atoms with Gasteiger partial charge in [-0.15, -0.1) is 0 Å². The molecule has 0 aliphatic heterocycles. The first-order chi connectivity index (χ1) is 9.47. The van der Waals surface area contributed by atoms with Gasteiger partial charge in [0.25, 0.3) is 0 Å². The quantitative estimate of drug-likeness (QED) is 0.617. The fraction of sp³-hybridized carbons (Fsp3) is 0.385. The van der Waals surface area contributed by atoms with Crippen molar-refractivity contribution in [3.8, 4) is 0 Å². The average molecular weight is 277 g/mol. The molecule has 2 aromatic heterocycles. The Morgan fingerprint density at radius 3 is 2.80 bits per heavy atom. The number of aromatic nitrogens is 2. The third kappa shape index (κ3) is 3.11. The van der Waals surface area contributed by atoms with Gasteiger partial charge in [-0.2, -0.15) is 5.10 Å². The van der Waals surface area contributed by atoms with Gasteiger partial charge in [-0.1, -0.05) is 0 Å². The van der Waals surface area contributed by atoms with Crippen molar-refractivity contribution in [2.45, 2.75) is 26.2 Å². The summed E-state index contributed by atoms with van der Waals surface area (Å²) >= 11 is 0. The number of rotatable bonds is 5. The second-order valence-corrected chi connectivity index (χ2v) is 4.66. The van der Waals surface area contributed by atoms with Crippen molar-refractivity contribution < 1.29 is 14.1 Å². The molecule has 0 aliphatic carbocycles. The molecule has 0 spiro atoms. The Hall–Kier alpha value is -2.44. The van der Waals surface area contributed by atoms with Gasteiger partial charge >= 0.3 is 0 Å². The molecular formula is C13H15N3O4. The molecule has 7 heteroatoms. The molecule has 106 valence electrons. The van der Waals surface area contributed by atoms with Gasteiger partial charge in [0.1, 0.15) is 5.76 Å². The second-order valence-electron chi connectivity index (χ2n) is 4.66. The van der Waals surface area contributed by atoms with E-state index in [1.807, 2.05) is 0 Å². The van der Waals surface area contributed by atoms with Crippen LogP contribution in [0.2, 0.25) is 0 Å². The van der Waals surface area contributed by atoms with E-state index in [4.69, 9.17) is 4.42 Å². The van der Waals surface area contributed by atoms with Crippen LogP contribution in [0.4, 0.5) is 0 Å². The van der Waals surface area contributed by atoms with Crippen LogP contribution in [-0.2, 0) is 0 Å². The highest BCUT2D eigenvalue weighted by atomic mass is 16.6. The summed E-state index contributed by atoms with van der Waals surface area (Å²) in [5.74, 6) is -0.424. The normalized spacial score (nSPS) is 12.3. The first kappa shape index (κ1) is 14.0. The van der Waals surface area contributed by atoms with Crippen molar-refractivity contribution >= 4 is 5.91 Å². The number of nitrogens with zero attached hydrogens (tertiary/aromatic N) is 3. The van der Waals surface area contributed by atoms with E-state index in [2.05, 4.69) is 5.10 Å². The van der Waals surface area contributed by atoms with E-state index < -0.39 is 10.8 Å². The molecule has 20 heavy (non-hydrogen) atoms. The fourth-order valence-electron chi connectivity index (χ4n) is 2.14. The SMILES string of the molecule is Cc1cc(C)n(C(=O)CC(C[N+](=O)[O-])c2ccco2)n1. The highest BCUT2D eigenvalue weighted by molar-refractivity contribution is 5.79. The van der Waals surface area contributed by atoms with Gasteiger partial charge in [0.2, 0.25) is 12.5 Å². The smallest absolute Gasteiger partial charge is 0.248 e. The van der Waals surface area contributed by atoms with Gasteiger partial charge < -0.3 is 4.42 Å². The molecule has 0 amide bonds. The first-order valence-electron chi connectivity index (χ1n) is 6.19. The number of aryl methyl sites for hydroxylation is 2. The van der Waals surface area contributed by atoms with Crippen LogP contribution in [0, 0.1) is 24.0 Å². The molecule has 0 saturated carbocycles. The molecule has 0 bridgehead atoms. The summed E-state index contributed by atoms with van der Waals surface area (Å²) in [6.07, 6.45) is 1.42. The van der Waals surface area contributed by atoms with Crippen molar-refractivity contribution in [2.75, 3.05) is 6.54 Å². The van der Waals surface area contributed by atoms with Crippen LogP contribution in [0.3, 0.4) is 0 Å². The lowest BCUT2D eigenvalue weighted by molar-refractivity contribution is -0.483. The number of carbonyl (C=O) groups excluding carboxylic acids is 1. The lowest BCUT2D eigenvalue weighted by atomic mass is 10.0. The Bertz CT molecular complexity index is 616. The van der Waals surface area contributed by atoms with Crippen LogP contribution in [0.25, 0.3) is 0 Å². The number of hydrogen-bond acceptors (Lipinski definition) is 5. The zero-order valence-corrected chi connectivity index (χ0v) is 11.3. The van der Waals surface area contributed by atoms with Gasteiger partial charge in [0, 0.05) is 17.0 Å². The van der Waals surface area contributed by atoms with Crippen molar-refractivity contribution in [3.05, 3.63) is 51.7 Å². The van der Waals surface area contributed by atoms with Gasteiger partial charge in [0.15, 0.2) is 0 Å². The fourth-order valence-corrected chi connectivity index (χ4v) is 2.14. The van der Waals surface area contributed by atoms with Gasteiger partial charge in [-0.3, -0.25) is 14.9 Å². The maximum atomic E-state index is 12.2. The lowest BCUT2D eigenvalue weighted by Crippen LogP contribution is -2.21. The summed E-state index contributed by atoms with van der Waals surface area (Å²) in [7, 11) is 0. The Balaban J connectivity index is 2.17. The number of hydrogen-bond donors (Lipinski definition) is 0. The predicted octanol–water partition coefficient (Wildman–Crippen LogP) is 2.18. The Labute approximate surface area is 115 Å². The number of carbonyl (C=O) groups is 1. The van der Waals surface area contributed by atoms with Crippen LogP contribution in [-0.4, -0.2) is 27.2 Å². The zero-order chi connectivity index (χ0) is 14.7. The van der Waals surface area contributed by atoms with Crippen molar-refractivity contribution in [3.63, 3.8) is 0 Å². The molecule has 0 radical (unpaired) electrons. The Morgan fingerprint density at radius 1 is 1.55 bits per heavy atom. The molecule has 0 fully saturated rings. The summed E-state index contributed by atoms with van der Waals surface area (Å²) in [6.45, 7) is 3.21. The molecule has 2 aromatic rings. The molecule has 0 aliphatic rings. The molecule has 1 unspecified atom stereocenters. The molecule has 7 nitrogen and oxygen atoms in total. The van der Waals surface area contributed by atoms with E-state index in [0.717, 1.165) is 5.69 Å². The van der Waals surface area contributed by atoms with Crippen LogP contribution < -0.4 is 0 Å². The maximum Gasteiger partial charge on any atom is 0.248 e.